The second-order valence-electron chi connectivity index (χ2n) is 8.09. The molecule has 0 saturated heterocycles. The van der Waals surface area contributed by atoms with Crippen LogP contribution in [0.1, 0.15) is 35.3 Å². The molecule has 2 aliphatic rings. The molecule has 8 heteroatoms. The molecule has 5 nitrogen and oxygen atoms in total. The lowest BCUT2D eigenvalue weighted by Crippen LogP contribution is -2.35. The molecule has 1 aromatic heterocycles. The number of nitrogens with zero attached hydrogens (tertiary/aromatic N) is 3. The van der Waals surface area contributed by atoms with Gasteiger partial charge in [0.25, 0.3) is 0 Å². The van der Waals surface area contributed by atoms with Crippen molar-refractivity contribution in [2.24, 2.45) is 0 Å². The minimum atomic E-state index is -0.931. The van der Waals surface area contributed by atoms with Crippen molar-refractivity contribution in [3.8, 4) is 11.3 Å². The number of carbonyl (C=O) groups is 1. The molecule has 3 aromatic rings. The summed E-state index contributed by atoms with van der Waals surface area (Å²) in [5.74, 6) is -1.37. The minimum absolute atomic E-state index is 0.0316. The second-order valence-corrected chi connectivity index (χ2v) is 8.52. The fourth-order valence-electron chi connectivity index (χ4n) is 4.71. The number of aliphatic hydroxyl groups excluding tert-OH is 1. The zero-order chi connectivity index (χ0) is 21.9. The molecule has 0 unspecified atom stereocenters. The van der Waals surface area contributed by atoms with Gasteiger partial charge in [0.05, 0.1) is 11.8 Å². The van der Waals surface area contributed by atoms with Crippen molar-refractivity contribution in [3.05, 3.63) is 75.4 Å². The molecule has 31 heavy (non-hydrogen) atoms. The third-order valence-corrected chi connectivity index (χ3v) is 6.46. The van der Waals surface area contributed by atoms with Crippen molar-refractivity contribution < 1.29 is 18.7 Å². The minimum Gasteiger partial charge on any atom is -0.390 e. The number of benzene rings is 2. The fraction of sp³-hybridized carbons (Fsp3) is 0.304. The summed E-state index contributed by atoms with van der Waals surface area (Å²) in [7, 11) is 0. The van der Waals surface area contributed by atoms with Gasteiger partial charge in [-0.2, -0.15) is 5.10 Å². The van der Waals surface area contributed by atoms with Crippen LogP contribution in [0.5, 0.6) is 0 Å². The Labute approximate surface area is 182 Å². The van der Waals surface area contributed by atoms with Gasteiger partial charge in [-0.05, 0) is 29.3 Å². The Morgan fingerprint density at radius 2 is 1.94 bits per heavy atom. The number of hydrogen-bond donors (Lipinski definition) is 1. The summed E-state index contributed by atoms with van der Waals surface area (Å²) in [4.78, 5) is 13.8. The van der Waals surface area contributed by atoms with Crippen LogP contribution >= 0.6 is 11.6 Å². The Morgan fingerprint density at radius 3 is 2.65 bits per heavy atom. The molecule has 1 N–H and O–H groups in total. The number of halogens is 3. The van der Waals surface area contributed by atoms with E-state index in [1.807, 2.05) is 12.1 Å². The number of rotatable bonds is 2. The topological polar surface area (TPSA) is 58.4 Å². The molecule has 2 heterocycles. The van der Waals surface area contributed by atoms with E-state index in [1.54, 1.807) is 21.7 Å². The van der Waals surface area contributed by atoms with E-state index in [4.69, 9.17) is 16.7 Å². The van der Waals surface area contributed by atoms with Gasteiger partial charge >= 0.3 is 0 Å². The van der Waals surface area contributed by atoms with Crippen LogP contribution in [0.2, 0.25) is 5.02 Å². The Balaban J connectivity index is 1.69. The predicted molar refractivity (Wildman–Crippen MR) is 112 cm³/mol. The zero-order valence-electron chi connectivity index (χ0n) is 16.8. The van der Waals surface area contributed by atoms with Gasteiger partial charge in [0.1, 0.15) is 17.7 Å². The molecular formula is C23H20ClF2N3O2. The average Bonchev–Trinajstić information content (AvgIpc) is 3.25. The molecule has 1 amide bonds. The molecule has 0 spiro atoms. The summed E-state index contributed by atoms with van der Waals surface area (Å²) < 4.78 is 30.1. The first-order valence-corrected chi connectivity index (χ1v) is 10.5. The monoisotopic (exact) mass is 443 g/mol. The van der Waals surface area contributed by atoms with E-state index >= 15 is 0 Å². The lowest BCUT2D eigenvalue weighted by Gasteiger charge is -2.28. The van der Waals surface area contributed by atoms with Gasteiger partial charge < -0.3 is 10.0 Å². The van der Waals surface area contributed by atoms with E-state index in [-0.39, 0.29) is 12.3 Å². The van der Waals surface area contributed by atoms with Crippen LogP contribution < -0.4 is 0 Å². The first kappa shape index (κ1) is 20.2. The maximum atomic E-state index is 14.4. The Kier molecular flexibility index (Phi) is 4.83. The van der Waals surface area contributed by atoms with E-state index in [0.717, 1.165) is 22.9 Å². The highest BCUT2D eigenvalue weighted by atomic mass is 35.5. The van der Waals surface area contributed by atoms with Crippen molar-refractivity contribution in [1.82, 2.24) is 14.7 Å². The number of amides is 1. The van der Waals surface area contributed by atoms with Crippen molar-refractivity contribution >= 4 is 17.5 Å². The number of carbonyl (C=O) groups excluding carboxylic acids is 1. The average molecular weight is 444 g/mol. The van der Waals surface area contributed by atoms with Crippen molar-refractivity contribution in [2.75, 3.05) is 6.54 Å². The van der Waals surface area contributed by atoms with Crippen molar-refractivity contribution in [1.29, 1.82) is 0 Å². The molecule has 0 radical (unpaired) electrons. The lowest BCUT2D eigenvalue weighted by molar-refractivity contribution is -0.129. The normalized spacial score (nSPS) is 20.0. The van der Waals surface area contributed by atoms with Crippen molar-refractivity contribution in [3.63, 3.8) is 0 Å². The summed E-state index contributed by atoms with van der Waals surface area (Å²) in [6.45, 7) is 2.43. The highest BCUT2D eigenvalue weighted by molar-refractivity contribution is 6.30. The van der Waals surface area contributed by atoms with E-state index in [2.05, 4.69) is 0 Å². The van der Waals surface area contributed by atoms with Crippen molar-refractivity contribution in [2.45, 2.75) is 38.5 Å². The zero-order valence-corrected chi connectivity index (χ0v) is 17.5. The first-order chi connectivity index (χ1) is 14.8. The molecule has 0 bridgehead atoms. The van der Waals surface area contributed by atoms with E-state index < -0.39 is 23.8 Å². The number of fused-ring (bicyclic) bond motifs is 2. The predicted octanol–water partition coefficient (Wildman–Crippen LogP) is 3.89. The van der Waals surface area contributed by atoms with E-state index in [0.29, 0.717) is 41.4 Å². The Bertz CT molecular complexity index is 1190. The Morgan fingerprint density at radius 1 is 1.19 bits per heavy atom. The lowest BCUT2D eigenvalue weighted by atomic mass is 10.00. The molecule has 1 aliphatic heterocycles. The third kappa shape index (κ3) is 3.32. The van der Waals surface area contributed by atoms with Gasteiger partial charge in [-0.25, -0.2) is 8.78 Å². The molecule has 1 aliphatic carbocycles. The summed E-state index contributed by atoms with van der Waals surface area (Å²) >= 11 is 6.04. The van der Waals surface area contributed by atoms with Crippen LogP contribution in [0.15, 0.2) is 36.4 Å². The summed E-state index contributed by atoms with van der Waals surface area (Å²) in [5.41, 5.74) is 3.97. The van der Waals surface area contributed by atoms with Crippen LogP contribution in [0.25, 0.3) is 11.3 Å². The maximum Gasteiger partial charge on any atom is 0.219 e. The largest absolute Gasteiger partial charge is 0.390 e. The fourth-order valence-corrected chi connectivity index (χ4v) is 4.84. The molecule has 2 atom stereocenters. The molecular weight excluding hydrogens is 424 g/mol. The van der Waals surface area contributed by atoms with Crippen LogP contribution in [-0.4, -0.2) is 38.3 Å². The second kappa shape index (κ2) is 7.43. The highest BCUT2D eigenvalue weighted by Crippen LogP contribution is 2.40. The Hall–Kier alpha value is -2.77. The summed E-state index contributed by atoms with van der Waals surface area (Å²) in [6, 6.07) is 8.65. The summed E-state index contributed by atoms with van der Waals surface area (Å²) in [6.07, 6.45) is -0.304. The van der Waals surface area contributed by atoms with Gasteiger partial charge in [-0.1, -0.05) is 23.7 Å². The van der Waals surface area contributed by atoms with Crippen LogP contribution in [-0.2, 0) is 24.2 Å². The number of aliphatic hydroxyl groups is 1. The van der Waals surface area contributed by atoms with Gasteiger partial charge in [-0.15, -0.1) is 0 Å². The van der Waals surface area contributed by atoms with E-state index in [9.17, 15) is 18.7 Å². The molecule has 2 aromatic carbocycles. The molecule has 0 fully saturated rings. The van der Waals surface area contributed by atoms with Gasteiger partial charge in [0.15, 0.2) is 0 Å². The van der Waals surface area contributed by atoms with Crippen LogP contribution in [0, 0.1) is 11.6 Å². The maximum absolute atomic E-state index is 14.4. The number of aromatic nitrogens is 2. The van der Waals surface area contributed by atoms with Gasteiger partial charge in [-0.3, -0.25) is 9.48 Å². The summed E-state index contributed by atoms with van der Waals surface area (Å²) in [5, 5.41) is 16.2. The first-order valence-electron chi connectivity index (χ1n) is 10.1. The molecule has 0 saturated carbocycles. The molecule has 5 rings (SSSR count). The SMILES string of the molecule is CC(=O)N1CCc2c(c(-c3ccc(Cl)cc3)nn2[C@@H]2c3cc(F)cc(F)c3C[C@H]2O)C1. The van der Waals surface area contributed by atoms with Gasteiger partial charge in [0.2, 0.25) is 5.91 Å². The van der Waals surface area contributed by atoms with Crippen LogP contribution in [0.3, 0.4) is 0 Å². The quantitative estimate of drug-likeness (QED) is 0.653. The smallest absolute Gasteiger partial charge is 0.219 e. The van der Waals surface area contributed by atoms with Crippen LogP contribution in [0.4, 0.5) is 8.78 Å². The van der Waals surface area contributed by atoms with E-state index in [1.165, 1.54) is 13.0 Å². The molecule has 160 valence electrons. The standard InChI is InChI=1S/C23H20ClF2N3O2/c1-12(30)28-7-6-20-18(11-28)22(13-2-4-14(24)5-3-13)27-29(20)23-17-8-15(25)9-19(26)16(17)10-21(23)31/h2-5,8-9,21,23,31H,6-7,10-11H2,1H3/t21-,23-/m1/s1. The third-order valence-electron chi connectivity index (χ3n) is 6.20. The van der Waals surface area contributed by atoms with Gasteiger partial charge in [0, 0.05) is 60.8 Å². The number of hydrogen-bond acceptors (Lipinski definition) is 3. The highest BCUT2D eigenvalue weighted by Gasteiger charge is 2.39.